The van der Waals surface area contributed by atoms with Gasteiger partial charge in [-0.05, 0) is 66.9 Å². The summed E-state index contributed by atoms with van der Waals surface area (Å²) in [6.07, 6.45) is 0.153. The van der Waals surface area contributed by atoms with Crippen LogP contribution in [0.5, 0.6) is 0 Å². The molecule has 2 N–H and O–H groups in total. The number of fused-ring (bicyclic) bond motifs is 1. The lowest BCUT2D eigenvalue weighted by Gasteiger charge is -2.24. The van der Waals surface area contributed by atoms with Crippen molar-refractivity contribution < 1.29 is 18.7 Å². The Morgan fingerprint density at radius 2 is 1.69 bits per heavy atom. The molecule has 0 saturated heterocycles. The monoisotopic (exact) mass is 485 g/mol. The standard InChI is InChI=1S/C29H31N3O4/c1-4-35-26(33)17-18-30-28(34)21-13-15-23(16-14-21)31-27(19(2)3)20-9-11-22(12-10-20)29-32-24-7-5-6-8-25(24)36-29/h5-16,19,27,31H,4,17-18H2,1-3H3,(H,30,34). The lowest BCUT2D eigenvalue weighted by atomic mass is 9.94. The van der Waals surface area contributed by atoms with Gasteiger partial charge < -0.3 is 19.8 Å². The van der Waals surface area contributed by atoms with E-state index in [1.165, 1.54) is 0 Å². The predicted octanol–water partition coefficient (Wildman–Crippen LogP) is 5.99. The van der Waals surface area contributed by atoms with Gasteiger partial charge in [0.1, 0.15) is 5.52 Å². The zero-order valence-electron chi connectivity index (χ0n) is 20.8. The molecule has 186 valence electrons. The fraction of sp³-hybridized carbons (Fsp3) is 0.276. The van der Waals surface area contributed by atoms with Crippen molar-refractivity contribution in [2.75, 3.05) is 18.5 Å². The highest BCUT2D eigenvalue weighted by Crippen LogP contribution is 2.30. The summed E-state index contributed by atoms with van der Waals surface area (Å²) in [7, 11) is 0. The number of benzene rings is 3. The second-order valence-corrected chi connectivity index (χ2v) is 8.86. The number of rotatable bonds is 10. The quantitative estimate of drug-likeness (QED) is 0.268. The van der Waals surface area contributed by atoms with Gasteiger partial charge in [0.2, 0.25) is 5.89 Å². The number of anilines is 1. The van der Waals surface area contributed by atoms with Crippen LogP contribution in [0.1, 0.15) is 49.2 Å². The average Bonchev–Trinajstić information content (AvgIpc) is 3.32. The molecule has 0 spiro atoms. The number of hydrogen-bond acceptors (Lipinski definition) is 6. The summed E-state index contributed by atoms with van der Waals surface area (Å²) in [5.41, 5.74) is 5.14. The van der Waals surface area contributed by atoms with Crippen molar-refractivity contribution in [2.24, 2.45) is 5.92 Å². The Morgan fingerprint density at radius 3 is 2.36 bits per heavy atom. The highest BCUT2D eigenvalue weighted by atomic mass is 16.5. The summed E-state index contributed by atoms with van der Waals surface area (Å²) in [6.45, 7) is 6.66. The zero-order valence-corrected chi connectivity index (χ0v) is 20.8. The fourth-order valence-corrected chi connectivity index (χ4v) is 3.97. The molecular weight excluding hydrogens is 454 g/mol. The average molecular weight is 486 g/mol. The first-order valence-corrected chi connectivity index (χ1v) is 12.2. The summed E-state index contributed by atoms with van der Waals surface area (Å²) in [5, 5.41) is 6.33. The minimum absolute atomic E-state index is 0.0759. The molecule has 0 bridgehead atoms. The van der Waals surface area contributed by atoms with Crippen LogP contribution in [0.2, 0.25) is 0 Å². The Bertz CT molecular complexity index is 1280. The molecule has 1 atom stereocenters. The van der Waals surface area contributed by atoms with Gasteiger partial charge in [0, 0.05) is 23.4 Å². The van der Waals surface area contributed by atoms with E-state index in [0.29, 0.717) is 24.0 Å². The molecule has 1 aromatic heterocycles. The summed E-state index contributed by atoms with van der Waals surface area (Å²) >= 11 is 0. The Balaban J connectivity index is 1.40. The van der Waals surface area contributed by atoms with E-state index in [-0.39, 0.29) is 30.9 Å². The Labute approximate surface area is 210 Å². The van der Waals surface area contributed by atoms with Crippen LogP contribution in [0, 0.1) is 5.92 Å². The van der Waals surface area contributed by atoms with E-state index < -0.39 is 0 Å². The lowest BCUT2D eigenvalue weighted by Crippen LogP contribution is -2.26. The van der Waals surface area contributed by atoms with Gasteiger partial charge in [-0.15, -0.1) is 0 Å². The van der Waals surface area contributed by atoms with E-state index in [4.69, 9.17) is 9.15 Å². The molecule has 1 heterocycles. The largest absolute Gasteiger partial charge is 0.466 e. The number of carbonyl (C=O) groups is 2. The number of nitrogens with one attached hydrogen (secondary N) is 2. The number of carbonyl (C=O) groups excluding carboxylic acids is 2. The molecule has 0 aliphatic carbocycles. The second kappa shape index (κ2) is 11.5. The predicted molar refractivity (Wildman–Crippen MR) is 141 cm³/mol. The van der Waals surface area contributed by atoms with Crippen molar-refractivity contribution in [3.05, 3.63) is 83.9 Å². The third kappa shape index (κ3) is 6.10. The number of aromatic nitrogens is 1. The van der Waals surface area contributed by atoms with Crippen LogP contribution in [0.15, 0.2) is 77.2 Å². The van der Waals surface area contributed by atoms with Crippen molar-refractivity contribution in [3.8, 4) is 11.5 Å². The number of para-hydroxylation sites is 2. The molecule has 0 aliphatic rings. The van der Waals surface area contributed by atoms with Crippen molar-refractivity contribution in [2.45, 2.75) is 33.2 Å². The summed E-state index contributed by atoms with van der Waals surface area (Å²) < 4.78 is 10.8. The molecule has 4 aromatic rings. The number of nitrogens with zero attached hydrogens (tertiary/aromatic N) is 1. The van der Waals surface area contributed by atoms with Crippen molar-refractivity contribution in [1.82, 2.24) is 10.3 Å². The van der Waals surface area contributed by atoms with Gasteiger partial charge in [-0.25, -0.2) is 4.98 Å². The van der Waals surface area contributed by atoms with E-state index in [0.717, 1.165) is 27.9 Å². The second-order valence-electron chi connectivity index (χ2n) is 8.86. The van der Waals surface area contributed by atoms with Gasteiger partial charge in [0.25, 0.3) is 5.91 Å². The Kier molecular flexibility index (Phi) is 8.00. The molecule has 0 radical (unpaired) electrons. The smallest absolute Gasteiger partial charge is 0.307 e. The van der Waals surface area contributed by atoms with E-state index in [2.05, 4.69) is 41.6 Å². The zero-order chi connectivity index (χ0) is 25.5. The fourth-order valence-electron chi connectivity index (χ4n) is 3.97. The number of amides is 1. The van der Waals surface area contributed by atoms with Gasteiger partial charge in [0.15, 0.2) is 5.58 Å². The highest BCUT2D eigenvalue weighted by molar-refractivity contribution is 5.94. The summed E-state index contributed by atoms with van der Waals surface area (Å²) in [6, 6.07) is 23.4. The van der Waals surface area contributed by atoms with Gasteiger partial charge in [-0.2, -0.15) is 0 Å². The molecule has 1 unspecified atom stereocenters. The van der Waals surface area contributed by atoms with Crippen LogP contribution >= 0.6 is 0 Å². The Hall–Kier alpha value is -4.13. The first kappa shape index (κ1) is 25.0. The van der Waals surface area contributed by atoms with Crippen LogP contribution in [0.3, 0.4) is 0 Å². The molecule has 36 heavy (non-hydrogen) atoms. The summed E-state index contributed by atoms with van der Waals surface area (Å²) in [4.78, 5) is 28.4. The molecule has 1 amide bonds. The maximum atomic E-state index is 12.4. The minimum atomic E-state index is -0.320. The molecule has 7 nitrogen and oxygen atoms in total. The normalized spacial score (nSPS) is 11.9. The van der Waals surface area contributed by atoms with E-state index >= 15 is 0 Å². The van der Waals surface area contributed by atoms with Gasteiger partial charge >= 0.3 is 5.97 Å². The topological polar surface area (TPSA) is 93.5 Å². The number of ether oxygens (including phenoxy) is 1. The maximum Gasteiger partial charge on any atom is 0.307 e. The van der Waals surface area contributed by atoms with E-state index in [9.17, 15) is 9.59 Å². The SMILES string of the molecule is CCOC(=O)CCNC(=O)c1ccc(NC(c2ccc(-c3nc4ccccc4o3)cc2)C(C)C)cc1. The Morgan fingerprint density at radius 1 is 0.972 bits per heavy atom. The van der Waals surface area contributed by atoms with Crippen molar-refractivity contribution >= 4 is 28.7 Å². The van der Waals surface area contributed by atoms with Gasteiger partial charge in [-0.3, -0.25) is 9.59 Å². The van der Waals surface area contributed by atoms with Crippen molar-refractivity contribution in [1.29, 1.82) is 0 Å². The number of oxazole rings is 1. The molecule has 7 heteroatoms. The molecule has 0 saturated carbocycles. The van der Waals surface area contributed by atoms with Crippen LogP contribution in [-0.4, -0.2) is 30.0 Å². The maximum absolute atomic E-state index is 12.4. The van der Waals surface area contributed by atoms with E-state index in [1.54, 1.807) is 19.1 Å². The highest BCUT2D eigenvalue weighted by Gasteiger charge is 2.17. The number of esters is 1. The third-order valence-electron chi connectivity index (χ3n) is 5.87. The first-order chi connectivity index (χ1) is 17.4. The van der Waals surface area contributed by atoms with Gasteiger partial charge in [-0.1, -0.05) is 38.1 Å². The molecule has 0 fully saturated rings. The van der Waals surface area contributed by atoms with Crippen LogP contribution in [0.25, 0.3) is 22.6 Å². The lowest BCUT2D eigenvalue weighted by molar-refractivity contribution is -0.142. The van der Waals surface area contributed by atoms with Crippen LogP contribution in [0.4, 0.5) is 5.69 Å². The molecule has 4 rings (SSSR count). The minimum Gasteiger partial charge on any atom is -0.466 e. The van der Waals surface area contributed by atoms with E-state index in [1.807, 2.05) is 48.5 Å². The van der Waals surface area contributed by atoms with Gasteiger partial charge in [0.05, 0.1) is 19.1 Å². The first-order valence-electron chi connectivity index (χ1n) is 12.2. The van der Waals surface area contributed by atoms with Crippen molar-refractivity contribution in [3.63, 3.8) is 0 Å². The molecule has 3 aromatic carbocycles. The molecular formula is C29H31N3O4. The number of hydrogen-bond donors (Lipinski definition) is 2. The molecule has 0 aliphatic heterocycles. The van der Waals surface area contributed by atoms with Crippen LogP contribution in [-0.2, 0) is 9.53 Å². The van der Waals surface area contributed by atoms with Crippen LogP contribution < -0.4 is 10.6 Å². The third-order valence-corrected chi connectivity index (χ3v) is 5.87. The summed E-state index contributed by atoms with van der Waals surface area (Å²) in [5.74, 6) is 0.388.